The number of nitrogens with two attached hydrogens (primary N) is 1. The first kappa shape index (κ1) is 12.9. The first-order chi connectivity index (χ1) is 10.1. The van der Waals surface area contributed by atoms with Crippen molar-refractivity contribution in [1.29, 1.82) is 0 Å². The molecule has 2 aromatic carbocycles. The van der Waals surface area contributed by atoms with E-state index in [4.69, 9.17) is 10.5 Å². The van der Waals surface area contributed by atoms with E-state index >= 15 is 0 Å². The zero-order valence-electron chi connectivity index (χ0n) is 11.2. The fourth-order valence-corrected chi connectivity index (χ4v) is 2.10. The molecule has 0 radical (unpaired) electrons. The number of hydrogen-bond acceptors (Lipinski definition) is 5. The number of methoxy groups -OCH3 is 1. The van der Waals surface area contributed by atoms with E-state index in [1.54, 1.807) is 19.2 Å². The van der Waals surface area contributed by atoms with Crippen LogP contribution in [0.2, 0.25) is 0 Å². The van der Waals surface area contributed by atoms with Gasteiger partial charge in [0.25, 0.3) is 5.69 Å². The number of aromatic amines is 1. The molecule has 0 aliphatic heterocycles. The van der Waals surface area contributed by atoms with Gasteiger partial charge in [0.2, 0.25) is 0 Å². The molecule has 0 aliphatic rings. The van der Waals surface area contributed by atoms with Crippen molar-refractivity contribution >= 4 is 22.4 Å². The number of nitrogen functional groups attached to an aromatic ring is 1. The smallest absolute Gasteiger partial charge is 0.292 e. The zero-order chi connectivity index (χ0) is 15.0. The Bertz CT molecular complexity index is 841. The quantitative estimate of drug-likeness (QED) is 0.437. The van der Waals surface area contributed by atoms with Crippen molar-refractivity contribution in [2.24, 2.45) is 0 Å². The highest BCUT2D eigenvalue weighted by Crippen LogP contribution is 2.29. The number of benzene rings is 2. The second kappa shape index (κ2) is 4.78. The van der Waals surface area contributed by atoms with Gasteiger partial charge in [-0.2, -0.15) is 0 Å². The molecule has 3 aromatic rings. The van der Waals surface area contributed by atoms with Crippen molar-refractivity contribution in [1.82, 2.24) is 9.97 Å². The van der Waals surface area contributed by atoms with E-state index in [1.165, 1.54) is 12.1 Å². The van der Waals surface area contributed by atoms with Gasteiger partial charge in [-0.25, -0.2) is 4.98 Å². The Balaban J connectivity index is 2.12. The Labute approximate surface area is 119 Å². The molecule has 1 heterocycles. The van der Waals surface area contributed by atoms with Gasteiger partial charge in [-0.05, 0) is 24.3 Å². The molecule has 0 atom stereocenters. The number of imidazole rings is 1. The van der Waals surface area contributed by atoms with Gasteiger partial charge in [0.1, 0.15) is 17.3 Å². The lowest BCUT2D eigenvalue weighted by Gasteiger charge is -2.00. The molecule has 0 fully saturated rings. The third-order valence-electron chi connectivity index (χ3n) is 3.19. The number of hydrogen-bond donors (Lipinski definition) is 2. The molecule has 0 bridgehead atoms. The largest absolute Gasteiger partial charge is 0.497 e. The molecule has 21 heavy (non-hydrogen) atoms. The molecule has 0 aliphatic carbocycles. The molecule has 7 nitrogen and oxygen atoms in total. The molecular formula is C14H12N4O3. The van der Waals surface area contributed by atoms with Crippen LogP contribution in [-0.4, -0.2) is 22.0 Å². The molecule has 106 valence electrons. The molecule has 1 aromatic heterocycles. The van der Waals surface area contributed by atoms with E-state index in [2.05, 4.69) is 9.97 Å². The first-order valence-corrected chi connectivity index (χ1v) is 6.16. The van der Waals surface area contributed by atoms with E-state index in [1.807, 2.05) is 12.1 Å². The molecule has 0 unspecified atom stereocenters. The third-order valence-corrected chi connectivity index (χ3v) is 3.19. The van der Waals surface area contributed by atoms with Gasteiger partial charge in [0.05, 0.1) is 23.1 Å². The Kier molecular flexibility index (Phi) is 2.94. The number of nitrogens with one attached hydrogen (secondary N) is 1. The summed E-state index contributed by atoms with van der Waals surface area (Å²) in [7, 11) is 1.59. The van der Waals surface area contributed by atoms with Crippen LogP contribution in [0.25, 0.3) is 22.4 Å². The summed E-state index contributed by atoms with van der Waals surface area (Å²) in [5.74, 6) is 1.25. The summed E-state index contributed by atoms with van der Waals surface area (Å²) in [5.41, 5.74) is 7.74. The number of nitrogens with zero attached hydrogens (tertiary/aromatic N) is 2. The average molecular weight is 284 g/mol. The van der Waals surface area contributed by atoms with Gasteiger partial charge in [0, 0.05) is 17.7 Å². The lowest BCUT2D eigenvalue weighted by Crippen LogP contribution is -1.96. The second-order valence-electron chi connectivity index (χ2n) is 4.50. The fraction of sp³-hybridized carbons (Fsp3) is 0.0714. The highest BCUT2D eigenvalue weighted by Gasteiger charge is 2.14. The minimum absolute atomic E-state index is 0.126. The topological polar surface area (TPSA) is 107 Å². The SMILES string of the molecule is COc1ccc2nc(-c3ccc(N)c([N+](=O)[O-])c3)[nH]c2c1. The lowest BCUT2D eigenvalue weighted by molar-refractivity contribution is -0.383. The highest BCUT2D eigenvalue weighted by molar-refractivity contribution is 5.81. The second-order valence-corrected chi connectivity index (χ2v) is 4.50. The van der Waals surface area contributed by atoms with Crippen molar-refractivity contribution in [3.63, 3.8) is 0 Å². The van der Waals surface area contributed by atoms with E-state index in [0.717, 1.165) is 11.0 Å². The van der Waals surface area contributed by atoms with E-state index in [0.29, 0.717) is 17.1 Å². The molecular weight excluding hydrogens is 272 g/mol. The number of H-pyrrole nitrogens is 1. The summed E-state index contributed by atoms with van der Waals surface area (Å²) >= 11 is 0. The number of rotatable bonds is 3. The maximum Gasteiger partial charge on any atom is 0.292 e. The number of nitro benzene ring substituents is 1. The maximum atomic E-state index is 10.9. The van der Waals surface area contributed by atoms with E-state index in [-0.39, 0.29) is 11.4 Å². The molecule has 0 amide bonds. The van der Waals surface area contributed by atoms with Crippen LogP contribution in [0.5, 0.6) is 5.75 Å². The van der Waals surface area contributed by atoms with Crippen LogP contribution >= 0.6 is 0 Å². The Morgan fingerprint density at radius 1 is 1.29 bits per heavy atom. The highest BCUT2D eigenvalue weighted by atomic mass is 16.6. The molecule has 3 rings (SSSR count). The van der Waals surface area contributed by atoms with Crippen LogP contribution < -0.4 is 10.5 Å². The van der Waals surface area contributed by atoms with Crippen LogP contribution in [0.1, 0.15) is 0 Å². The predicted octanol–water partition coefficient (Wildman–Crippen LogP) is 2.73. The molecule has 3 N–H and O–H groups in total. The normalized spacial score (nSPS) is 10.7. The molecule has 0 saturated heterocycles. The van der Waals surface area contributed by atoms with Crippen LogP contribution in [0.15, 0.2) is 36.4 Å². The standard InChI is InChI=1S/C14H12N4O3/c1-21-9-3-5-11-12(7-9)17-14(16-11)8-2-4-10(15)13(6-8)18(19)20/h2-7H,15H2,1H3,(H,16,17). The average Bonchev–Trinajstić information content (AvgIpc) is 2.90. The fourth-order valence-electron chi connectivity index (χ4n) is 2.10. The van der Waals surface area contributed by atoms with Gasteiger partial charge in [-0.15, -0.1) is 0 Å². The van der Waals surface area contributed by atoms with Gasteiger partial charge < -0.3 is 15.5 Å². The van der Waals surface area contributed by atoms with Crippen LogP contribution in [0, 0.1) is 10.1 Å². The summed E-state index contributed by atoms with van der Waals surface area (Å²) in [6.07, 6.45) is 0. The van der Waals surface area contributed by atoms with Gasteiger partial charge in [0.15, 0.2) is 0 Å². The molecule has 0 spiro atoms. The van der Waals surface area contributed by atoms with Crippen LogP contribution in [0.3, 0.4) is 0 Å². The minimum Gasteiger partial charge on any atom is -0.497 e. The summed E-state index contributed by atoms with van der Waals surface area (Å²) in [4.78, 5) is 18.0. The van der Waals surface area contributed by atoms with Gasteiger partial charge in [-0.3, -0.25) is 10.1 Å². The summed E-state index contributed by atoms with van der Waals surface area (Å²) in [5, 5.41) is 10.9. The monoisotopic (exact) mass is 284 g/mol. The van der Waals surface area contributed by atoms with Gasteiger partial charge in [-0.1, -0.05) is 0 Å². The number of fused-ring (bicyclic) bond motifs is 1. The maximum absolute atomic E-state index is 10.9. The van der Waals surface area contributed by atoms with Crippen LogP contribution in [-0.2, 0) is 0 Å². The Morgan fingerprint density at radius 2 is 2.10 bits per heavy atom. The molecule has 7 heteroatoms. The Morgan fingerprint density at radius 3 is 2.81 bits per heavy atom. The van der Waals surface area contributed by atoms with Crippen molar-refractivity contribution in [3.8, 4) is 17.1 Å². The van der Waals surface area contributed by atoms with Crippen molar-refractivity contribution in [2.45, 2.75) is 0 Å². The number of nitro groups is 1. The zero-order valence-corrected chi connectivity index (χ0v) is 11.2. The van der Waals surface area contributed by atoms with Crippen molar-refractivity contribution < 1.29 is 9.66 Å². The number of anilines is 1. The molecule has 0 saturated carbocycles. The van der Waals surface area contributed by atoms with E-state index < -0.39 is 4.92 Å². The Hall–Kier alpha value is -3.09. The van der Waals surface area contributed by atoms with Crippen LogP contribution in [0.4, 0.5) is 11.4 Å². The first-order valence-electron chi connectivity index (χ1n) is 6.16. The lowest BCUT2D eigenvalue weighted by atomic mass is 10.1. The summed E-state index contributed by atoms with van der Waals surface area (Å²) < 4.78 is 5.15. The predicted molar refractivity (Wildman–Crippen MR) is 79.1 cm³/mol. The van der Waals surface area contributed by atoms with Gasteiger partial charge >= 0.3 is 0 Å². The van der Waals surface area contributed by atoms with Crippen molar-refractivity contribution in [3.05, 3.63) is 46.5 Å². The number of aromatic nitrogens is 2. The third kappa shape index (κ3) is 2.25. The van der Waals surface area contributed by atoms with Crippen molar-refractivity contribution in [2.75, 3.05) is 12.8 Å². The number of ether oxygens (including phenoxy) is 1. The summed E-state index contributed by atoms with van der Waals surface area (Å²) in [6, 6.07) is 10.0. The summed E-state index contributed by atoms with van der Waals surface area (Å²) in [6.45, 7) is 0. The minimum atomic E-state index is -0.509. The van der Waals surface area contributed by atoms with E-state index in [9.17, 15) is 10.1 Å².